The number of alkyl halides is 1. The molecule has 0 spiro atoms. The SMILES string of the molecule is CC(C)(C)C(=O)c1ccc(C(F)C(=O)O)cc1. The molecule has 92 valence electrons. The fourth-order valence-corrected chi connectivity index (χ4v) is 1.38. The third-order valence-electron chi connectivity index (χ3n) is 2.36. The monoisotopic (exact) mass is 238 g/mol. The van der Waals surface area contributed by atoms with E-state index in [0.717, 1.165) is 0 Å². The molecule has 1 unspecified atom stereocenters. The van der Waals surface area contributed by atoms with Crippen LogP contribution in [0.3, 0.4) is 0 Å². The highest BCUT2D eigenvalue weighted by Gasteiger charge is 2.24. The van der Waals surface area contributed by atoms with Crippen molar-refractivity contribution in [2.45, 2.75) is 26.9 Å². The predicted octanol–water partition coefficient (Wildman–Crippen LogP) is 3.01. The average molecular weight is 238 g/mol. The summed E-state index contributed by atoms with van der Waals surface area (Å²) in [5, 5.41) is 8.50. The zero-order chi connectivity index (χ0) is 13.2. The first-order valence-corrected chi connectivity index (χ1v) is 5.25. The van der Waals surface area contributed by atoms with Gasteiger partial charge in [0, 0.05) is 11.0 Å². The van der Waals surface area contributed by atoms with Gasteiger partial charge in [0.15, 0.2) is 5.78 Å². The van der Waals surface area contributed by atoms with E-state index >= 15 is 0 Å². The number of Topliss-reactive ketones (excluding diaryl/α,β-unsaturated/α-hetero) is 1. The summed E-state index contributed by atoms with van der Waals surface area (Å²) in [6.45, 7) is 5.37. The number of carboxylic acids is 1. The Bertz CT molecular complexity index is 429. The van der Waals surface area contributed by atoms with E-state index < -0.39 is 17.6 Å². The molecule has 1 rings (SSSR count). The highest BCUT2D eigenvalue weighted by molar-refractivity contribution is 5.99. The van der Waals surface area contributed by atoms with Crippen molar-refractivity contribution in [1.29, 1.82) is 0 Å². The minimum Gasteiger partial charge on any atom is -0.479 e. The number of aliphatic carboxylic acids is 1. The lowest BCUT2D eigenvalue weighted by atomic mass is 9.86. The van der Waals surface area contributed by atoms with E-state index in [-0.39, 0.29) is 11.3 Å². The number of carbonyl (C=O) groups excluding carboxylic acids is 1. The van der Waals surface area contributed by atoms with E-state index in [1.165, 1.54) is 24.3 Å². The Kier molecular flexibility index (Phi) is 3.66. The topological polar surface area (TPSA) is 54.4 Å². The third kappa shape index (κ3) is 3.12. The van der Waals surface area contributed by atoms with Crippen LogP contribution in [-0.2, 0) is 4.79 Å². The van der Waals surface area contributed by atoms with E-state index in [4.69, 9.17) is 5.11 Å². The second-order valence-electron chi connectivity index (χ2n) is 4.90. The number of halogens is 1. The summed E-state index contributed by atoms with van der Waals surface area (Å²) in [4.78, 5) is 22.3. The maximum Gasteiger partial charge on any atom is 0.343 e. The van der Waals surface area contributed by atoms with Gasteiger partial charge in [-0.3, -0.25) is 4.79 Å². The molecule has 0 aliphatic carbocycles. The van der Waals surface area contributed by atoms with Crippen molar-refractivity contribution in [3.8, 4) is 0 Å². The van der Waals surface area contributed by atoms with Crippen molar-refractivity contribution in [2.24, 2.45) is 5.41 Å². The second-order valence-corrected chi connectivity index (χ2v) is 4.90. The fourth-order valence-electron chi connectivity index (χ4n) is 1.38. The molecule has 0 aromatic heterocycles. The molecule has 1 aromatic rings. The minimum atomic E-state index is -2.05. The summed E-state index contributed by atoms with van der Waals surface area (Å²) < 4.78 is 13.1. The number of rotatable bonds is 3. The Morgan fingerprint density at radius 3 is 2.00 bits per heavy atom. The average Bonchev–Trinajstić information content (AvgIpc) is 2.26. The summed E-state index contributed by atoms with van der Waals surface area (Å²) in [6, 6.07) is 5.58. The molecule has 3 nitrogen and oxygen atoms in total. The maximum absolute atomic E-state index is 13.1. The lowest BCUT2D eigenvalue weighted by Crippen LogP contribution is -2.20. The molecule has 0 heterocycles. The summed E-state index contributed by atoms with van der Waals surface area (Å²) in [5.74, 6) is -1.59. The van der Waals surface area contributed by atoms with Crippen LogP contribution in [0.2, 0.25) is 0 Å². The molecule has 1 N–H and O–H groups in total. The largest absolute Gasteiger partial charge is 0.479 e. The molecular formula is C13H15FO3. The van der Waals surface area contributed by atoms with Crippen LogP contribution >= 0.6 is 0 Å². The predicted molar refractivity (Wildman–Crippen MR) is 61.7 cm³/mol. The molecule has 17 heavy (non-hydrogen) atoms. The number of benzene rings is 1. The van der Waals surface area contributed by atoms with Gasteiger partial charge in [-0.25, -0.2) is 9.18 Å². The van der Waals surface area contributed by atoms with Crippen LogP contribution < -0.4 is 0 Å². The Morgan fingerprint density at radius 1 is 1.18 bits per heavy atom. The Balaban J connectivity index is 2.97. The molecule has 0 aliphatic heterocycles. The zero-order valence-corrected chi connectivity index (χ0v) is 10.0. The van der Waals surface area contributed by atoms with E-state index in [1.54, 1.807) is 20.8 Å². The lowest BCUT2D eigenvalue weighted by Gasteiger charge is -2.16. The van der Waals surface area contributed by atoms with Crippen molar-refractivity contribution in [2.75, 3.05) is 0 Å². The molecule has 0 bridgehead atoms. The van der Waals surface area contributed by atoms with E-state index in [0.29, 0.717) is 5.56 Å². The van der Waals surface area contributed by atoms with Crippen LogP contribution in [0.5, 0.6) is 0 Å². The summed E-state index contributed by atoms with van der Waals surface area (Å²) >= 11 is 0. The quantitative estimate of drug-likeness (QED) is 0.823. The first kappa shape index (κ1) is 13.4. The fraction of sp³-hybridized carbons (Fsp3) is 0.385. The van der Waals surface area contributed by atoms with Crippen LogP contribution in [-0.4, -0.2) is 16.9 Å². The summed E-state index contributed by atoms with van der Waals surface area (Å²) in [7, 11) is 0. The lowest BCUT2D eigenvalue weighted by molar-refractivity contribution is -0.143. The van der Waals surface area contributed by atoms with E-state index in [9.17, 15) is 14.0 Å². The van der Waals surface area contributed by atoms with Gasteiger partial charge in [0.1, 0.15) is 0 Å². The number of hydrogen-bond donors (Lipinski definition) is 1. The van der Waals surface area contributed by atoms with Crippen LogP contribution in [0.15, 0.2) is 24.3 Å². The van der Waals surface area contributed by atoms with Crippen LogP contribution in [0.25, 0.3) is 0 Å². The summed E-state index contributed by atoms with van der Waals surface area (Å²) in [5.41, 5.74) is -0.00882. The maximum atomic E-state index is 13.1. The molecule has 0 fully saturated rings. The van der Waals surface area contributed by atoms with Crippen LogP contribution in [0.4, 0.5) is 4.39 Å². The normalized spacial score (nSPS) is 13.2. The van der Waals surface area contributed by atoms with Crippen molar-refractivity contribution in [3.63, 3.8) is 0 Å². The highest BCUT2D eigenvalue weighted by atomic mass is 19.1. The van der Waals surface area contributed by atoms with Gasteiger partial charge in [0.25, 0.3) is 0 Å². The van der Waals surface area contributed by atoms with Gasteiger partial charge in [0.2, 0.25) is 6.17 Å². The van der Waals surface area contributed by atoms with Crippen molar-refractivity contribution >= 4 is 11.8 Å². The number of carbonyl (C=O) groups is 2. The molecule has 0 radical (unpaired) electrons. The number of carboxylic acid groups (broad SMARTS) is 1. The number of hydrogen-bond acceptors (Lipinski definition) is 2. The molecular weight excluding hydrogens is 223 g/mol. The number of ketones is 1. The van der Waals surface area contributed by atoms with Crippen molar-refractivity contribution in [3.05, 3.63) is 35.4 Å². The molecule has 0 amide bonds. The van der Waals surface area contributed by atoms with Gasteiger partial charge in [0.05, 0.1) is 0 Å². The van der Waals surface area contributed by atoms with Gasteiger partial charge in [-0.2, -0.15) is 0 Å². The molecule has 0 saturated carbocycles. The third-order valence-corrected chi connectivity index (χ3v) is 2.36. The van der Waals surface area contributed by atoms with Gasteiger partial charge in [-0.15, -0.1) is 0 Å². The standard InChI is InChI=1S/C13H15FO3/c1-13(2,3)11(15)9-6-4-8(5-7-9)10(14)12(16)17/h4-7,10H,1-3H3,(H,16,17). The Hall–Kier alpha value is -1.71. The Labute approximate surface area is 99.3 Å². The smallest absolute Gasteiger partial charge is 0.343 e. The molecule has 1 aromatic carbocycles. The second kappa shape index (κ2) is 4.65. The van der Waals surface area contributed by atoms with E-state index in [1.807, 2.05) is 0 Å². The van der Waals surface area contributed by atoms with Crippen LogP contribution in [0.1, 0.15) is 42.9 Å². The first-order chi connectivity index (χ1) is 7.73. The first-order valence-electron chi connectivity index (χ1n) is 5.25. The molecule has 0 saturated heterocycles. The van der Waals surface area contributed by atoms with Crippen LogP contribution in [0, 0.1) is 5.41 Å². The molecule has 1 atom stereocenters. The van der Waals surface area contributed by atoms with Crippen molar-refractivity contribution < 1.29 is 19.1 Å². The van der Waals surface area contributed by atoms with Gasteiger partial charge in [-0.1, -0.05) is 45.0 Å². The van der Waals surface area contributed by atoms with E-state index in [2.05, 4.69) is 0 Å². The minimum absolute atomic E-state index is 0.0444. The zero-order valence-electron chi connectivity index (χ0n) is 10.0. The van der Waals surface area contributed by atoms with Crippen molar-refractivity contribution in [1.82, 2.24) is 0 Å². The van der Waals surface area contributed by atoms with Gasteiger partial charge < -0.3 is 5.11 Å². The Morgan fingerprint density at radius 2 is 1.65 bits per heavy atom. The molecule has 4 heteroatoms. The molecule has 0 aliphatic rings. The van der Waals surface area contributed by atoms with Gasteiger partial charge in [-0.05, 0) is 5.56 Å². The highest BCUT2D eigenvalue weighted by Crippen LogP contribution is 2.23. The van der Waals surface area contributed by atoms with Gasteiger partial charge >= 0.3 is 5.97 Å². The summed E-state index contributed by atoms with van der Waals surface area (Å²) in [6.07, 6.45) is -2.05.